The second-order valence-electron chi connectivity index (χ2n) is 12.1. The van der Waals surface area contributed by atoms with Crippen LogP contribution in [0.1, 0.15) is 89.8 Å². The van der Waals surface area contributed by atoms with Gasteiger partial charge in [-0.1, -0.05) is 155 Å². The average Bonchev–Trinajstić information content (AvgIpc) is 3.68. The third-order valence-corrected chi connectivity index (χ3v) is 17.3. The minimum Gasteiger partial charge on any atom is -0.0882 e. The summed E-state index contributed by atoms with van der Waals surface area (Å²) in [6.07, 6.45) is 16.6. The second-order valence-corrected chi connectivity index (χ2v) is 17.5. The van der Waals surface area contributed by atoms with Crippen LogP contribution in [0.2, 0.25) is 0 Å². The molecule has 212 valence electrons. The number of rotatable bonds is 6. The lowest BCUT2D eigenvalue weighted by atomic mass is 10.0. The summed E-state index contributed by atoms with van der Waals surface area (Å²) < 4.78 is 0. The lowest BCUT2D eigenvalue weighted by molar-refractivity contribution is 0.765. The van der Waals surface area contributed by atoms with Crippen LogP contribution in [-0.4, -0.2) is 5.66 Å². The summed E-state index contributed by atoms with van der Waals surface area (Å²) in [6.45, 7) is 0. The zero-order chi connectivity index (χ0) is 28.1. The fourth-order valence-electron chi connectivity index (χ4n) is 7.95. The van der Waals surface area contributed by atoms with Crippen molar-refractivity contribution >= 4 is 15.8 Å². The van der Waals surface area contributed by atoms with Crippen molar-refractivity contribution in [1.29, 1.82) is 0 Å². The first kappa shape index (κ1) is 28.0. The minimum atomic E-state index is -0.359. The molecule has 0 nitrogen and oxygen atoms in total. The van der Waals surface area contributed by atoms with Crippen LogP contribution in [0.25, 0.3) is 0 Å². The molecule has 0 spiro atoms. The van der Waals surface area contributed by atoms with Gasteiger partial charge in [-0.2, -0.15) is 0 Å². The molecule has 2 saturated heterocycles. The Morgan fingerprint density at radius 1 is 0.405 bits per heavy atom. The molecule has 0 N–H and O–H groups in total. The summed E-state index contributed by atoms with van der Waals surface area (Å²) in [5.41, 5.74) is 9.53. The Morgan fingerprint density at radius 3 is 1.26 bits per heavy atom. The Labute approximate surface area is 255 Å². The maximum Gasteiger partial charge on any atom is 0.00889 e. The highest BCUT2D eigenvalue weighted by Crippen LogP contribution is 2.81. The van der Waals surface area contributed by atoms with Gasteiger partial charge in [0.25, 0.3) is 0 Å². The highest BCUT2D eigenvalue weighted by Gasteiger charge is 2.47. The predicted octanol–water partition coefficient (Wildman–Crippen LogP) is 12.5. The van der Waals surface area contributed by atoms with Crippen molar-refractivity contribution in [2.24, 2.45) is 0 Å². The van der Waals surface area contributed by atoms with Crippen LogP contribution in [0.4, 0.5) is 0 Å². The summed E-state index contributed by atoms with van der Waals surface area (Å²) in [7, 11) is -0.666. The topological polar surface area (TPSA) is 0 Å². The SMILES string of the molecule is C1=CC[C@H](P2C(c3ccccc3)CC[C@H]2c2ccccc2)C(P2C(c3ccccc3)CCC2c2ccccc2)=CCC1. The van der Waals surface area contributed by atoms with Gasteiger partial charge in [-0.05, 0) is 72.5 Å². The molecule has 7 rings (SSSR count). The van der Waals surface area contributed by atoms with E-state index in [4.69, 9.17) is 0 Å². The third-order valence-electron chi connectivity index (χ3n) is 9.77. The summed E-state index contributed by atoms with van der Waals surface area (Å²) in [5.74, 6) is 0. The highest BCUT2D eigenvalue weighted by atomic mass is 31.1. The van der Waals surface area contributed by atoms with Gasteiger partial charge in [-0.3, -0.25) is 0 Å². The zero-order valence-corrected chi connectivity index (χ0v) is 26.3. The van der Waals surface area contributed by atoms with Crippen LogP contribution in [0.5, 0.6) is 0 Å². The molecule has 6 atom stereocenters. The molecule has 42 heavy (non-hydrogen) atoms. The maximum absolute atomic E-state index is 2.78. The summed E-state index contributed by atoms with van der Waals surface area (Å²) in [5, 5.41) is 1.87. The van der Waals surface area contributed by atoms with E-state index in [-0.39, 0.29) is 15.8 Å². The average molecular weight is 585 g/mol. The molecule has 2 fully saturated rings. The highest BCUT2D eigenvalue weighted by molar-refractivity contribution is 7.66. The van der Waals surface area contributed by atoms with E-state index in [1.54, 1.807) is 22.3 Å². The molecule has 1 aliphatic carbocycles. The predicted molar refractivity (Wildman–Crippen MR) is 184 cm³/mol. The van der Waals surface area contributed by atoms with Crippen LogP contribution in [-0.2, 0) is 0 Å². The van der Waals surface area contributed by atoms with E-state index in [0.29, 0.717) is 28.3 Å². The summed E-state index contributed by atoms with van der Waals surface area (Å²) in [4.78, 5) is 0. The number of benzene rings is 4. The van der Waals surface area contributed by atoms with Gasteiger partial charge in [0.15, 0.2) is 0 Å². The molecule has 3 aliphatic rings. The van der Waals surface area contributed by atoms with Crippen molar-refractivity contribution in [3.05, 3.63) is 167 Å². The molecule has 2 heterocycles. The van der Waals surface area contributed by atoms with Gasteiger partial charge in [-0.25, -0.2) is 0 Å². The summed E-state index contributed by atoms with van der Waals surface area (Å²) >= 11 is 0. The lowest BCUT2D eigenvalue weighted by Gasteiger charge is -2.41. The molecule has 0 aromatic heterocycles. The molecule has 0 bridgehead atoms. The first-order valence-electron chi connectivity index (χ1n) is 16.0. The molecular weight excluding hydrogens is 542 g/mol. The maximum atomic E-state index is 2.78. The van der Waals surface area contributed by atoms with Gasteiger partial charge in [0.1, 0.15) is 0 Å². The first-order chi connectivity index (χ1) is 20.9. The molecule has 4 aromatic rings. The Balaban J connectivity index is 1.36. The van der Waals surface area contributed by atoms with Crippen molar-refractivity contribution in [3.63, 3.8) is 0 Å². The van der Waals surface area contributed by atoms with Gasteiger partial charge >= 0.3 is 0 Å². The van der Waals surface area contributed by atoms with Crippen molar-refractivity contribution in [1.82, 2.24) is 0 Å². The Kier molecular flexibility index (Phi) is 8.84. The summed E-state index contributed by atoms with van der Waals surface area (Å²) in [6, 6.07) is 46.3. The van der Waals surface area contributed by atoms with Gasteiger partial charge in [0.2, 0.25) is 0 Å². The molecule has 4 unspecified atom stereocenters. The Hall–Kier alpha value is -2.78. The van der Waals surface area contributed by atoms with Crippen LogP contribution < -0.4 is 0 Å². The van der Waals surface area contributed by atoms with E-state index in [0.717, 1.165) is 0 Å². The van der Waals surface area contributed by atoms with E-state index in [9.17, 15) is 0 Å². The van der Waals surface area contributed by atoms with Crippen molar-refractivity contribution in [3.8, 4) is 0 Å². The van der Waals surface area contributed by atoms with Crippen molar-refractivity contribution < 1.29 is 0 Å². The van der Waals surface area contributed by atoms with Gasteiger partial charge in [0.05, 0.1) is 0 Å². The lowest BCUT2D eigenvalue weighted by Crippen LogP contribution is -2.15. The fourth-order valence-corrected chi connectivity index (χ4v) is 16.5. The van der Waals surface area contributed by atoms with Crippen molar-refractivity contribution in [2.45, 2.75) is 73.2 Å². The molecule has 4 aromatic carbocycles. The zero-order valence-electron chi connectivity index (χ0n) is 24.5. The van der Waals surface area contributed by atoms with Crippen LogP contribution in [0.15, 0.2) is 145 Å². The van der Waals surface area contributed by atoms with E-state index in [1.165, 1.54) is 44.9 Å². The molecule has 0 amide bonds. The Bertz CT molecular complexity index is 1380. The standard InChI is InChI=1S/C40H42P2/c1-2-16-26-40(42-37(33-21-11-5-12-22-33)29-30-38(42)34-23-13-6-14-24-34)39(25-15-1)41-35(31-17-7-3-8-18-31)27-28-36(41)32-19-9-4-10-20-32/h1,3-15,17-24,26,35-39H,2,16,25,27-30H2/t35-,36?,37?,38?,39-,41?,42?/m0/s1. The monoisotopic (exact) mass is 584 g/mol. The minimum absolute atomic E-state index is 0.306. The number of hydrogen-bond acceptors (Lipinski definition) is 0. The van der Waals surface area contributed by atoms with Gasteiger partial charge in [-0.15, -0.1) is 0 Å². The van der Waals surface area contributed by atoms with E-state index < -0.39 is 0 Å². The first-order valence-corrected chi connectivity index (χ1v) is 19.0. The number of allylic oxidation sites excluding steroid dienone is 4. The normalized spacial score (nSPS) is 29.5. The quantitative estimate of drug-likeness (QED) is 0.156. The molecule has 2 aliphatic heterocycles. The fraction of sp³-hybridized carbons (Fsp3) is 0.300. The van der Waals surface area contributed by atoms with E-state index in [1.807, 2.05) is 5.31 Å². The largest absolute Gasteiger partial charge is 0.0882 e. The van der Waals surface area contributed by atoms with Crippen LogP contribution in [0.3, 0.4) is 0 Å². The van der Waals surface area contributed by atoms with Crippen molar-refractivity contribution in [2.75, 3.05) is 0 Å². The molecule has 2 heteroatoms. The molecule has 0 radical (unpaired) electrons. The van der Waals surface area contributed by atoms with Crippen LogP contribution >= 0.6 is 15.8 Å². The third kappa shape index (κ3) is 5.74. The van der Waals surface area contributed by atoms with Gasteiger partial charge in [0, 0.05) is 28.3 Å². The van der Waals surface area contributed by atoms with Crippen LogP contribution in [0, 0.1) is 0 Å². The second kappa shape index (κ2) is 13.2. The van der Waals surface area contributed by atoms with E-state index >= 15 is 0 Å². The molecule has 0 saturated carbocycles. The Morgan fingerprint density at radius 2 is 0.810 bits per heavy atom. The molecular formula is C40H42P2. The van der Waals surface area contributed by atoms with E-state index in [2.05, 4.69) is 140 Å². The smallest absolute Gasteiger partial charge is 0.00889 e. The van der Waals surface area contributed by atoms with Gasteiger partial charge < -0.3 is 0 Å². The number of hydrogen-bond donors (Lipinski definition) is 0.